The number of aromatic nitrogens is 1. The molecular formula is C17H20N2O2. The smallest absolute Gasteiger partial charge is 0.335 e. The first-order valence-electron chi connectivity index (χ1n) is 7.44. The van der Waals surface area contributed by atoms with Crippen LogP contribution in [0.4, 0.5) is 5.69 Å². The van der Waals surface area contributed by atoms with Gasteiger partial charge in [0, 0.05) is 29.9 Å². The van der Waals surface area contributed by atoms with Crippen molar-refractivity contribution in [3.8, 4) is 0 Å². The molecule has 4 heteroatoms. The number of anilines is 1. The van der Waals surface area contributed by atoms with Gasteiger partial charge in [-0.2, -0.15) is 0 Å². The summed E-state index contributed by atoms with van der Waals surface area (Å²) in [6.07, 6.45) is 2.49. The zero-order valence-electron chi connectivity index (χ0n) is 12.5. The number of aromatic carboxylic acids is 1. The average molecular weight is 284 g/mol. The van der Waals surface area contributed by atoms with E-state index in [9.17, 15) is 4.79 Å². The summed E-state index contributed by atoms with van der Waals surface area (Å²) in [5.41, 5.74) is 3.17. The molecule has 2 aromatic rings. The van der Waals surface area contributed by atoms with Gasteiger partial charge in [0.05, 0.1) is 11.1 Å². The second kappa shape index (κ2) is 5.35. The van der Waals surface area contributed by atoms with Crippen LogP contribution >= 0.6 is 0 Å². The maximum atomic E-state index is 11.1. The van der Waals surface area contributed by atoms with Gasteiger partial charge in [0.25, 0.3) is 0 Å². The third-order valence-corrected chi connectivity index (χ3v) is 4.16. The Kier molecular flexibility index (Phi) is 3.53. The van der Waals surface area contributed by atoms with Crippen molar-refractivity contribution in [2.45, 2.75) is 26.7 Å². The number of aryl methyl sites for hydroxylation is 1. The van der Waals surface area contributed by atoms with E-state index in [-0.39, 0.29) is 0 Å². The summed E-state index contributed by atoms with van der Waals surface area (Å²) < 4.78 is 0. The van der Waals surface area contributed by atoms with Crippen LogP contribution in [0, 0.1) is 12.8 Å². The molecule has 2 heterocycles. The van der Waals surface area contributed by atoms with E-state index >= 15 is 0 Å². The first-order valence-corrected chi connectivity index (χ1v) is 7.44. The molecule has 0 spiro atoms. The number of pyridine rings is 1. The van der Waals surface area contributed by atoms with Gasteiger partial charge in [0.2, 0.25) is 0 Å². The highest BCUT2D eigenvalue weighted by Gasteiger charge is 2.19. The normalized spacial score (nSPS) is 19.0. The summed E-state index contributed by atoms with van der Waals surface area (Å²) in [7, 11) is 0. The maximum Gasteiger partial charge on any atom is 0.335 e. The first-order chi connectivity index (χ1) is 10.0. The Morgan fingerprint density at radius 3 is 2.90 bits per heavy atom. The lowest BCUT2D eigenvalue weighted by Gasteiger charge is -2.33. The van der Waals surface area contributed by atoms with Crippen LogP contribution in [0.3, 0.4) is 0 Å². The van der Waals surface area contributed by atoms with Crippen LogP contribution in [0.15, 0.2) is 24.3 Å². The van der Waals surface area contributed by atoms with Crippen LogP contribution in [-0.2, 0) is 0 Å². The van der Waals surface area contributed by atoms with E-state index in [1.54, 1.807) is 12.1 Å². The van der Waals surface area contributed by atoms with Gasteiger partial charge in [0.1, 0.15) is 0 Å². The highest BCUT2D eigenvalue weighted by molar-refractivity contribution is 5.97. The number of hydrogen-bond acceptors (Lipinski definition) is 3. The number of piperidine rings is 1. The topological polar surface area (TPSA) is 53.4 Å². The van der Waals surface area contributed by atoms with Gasteiger partial charge in [-0.1, -0.05) is 6.92 Å². The van der Waals surface area contributed by atoms with Crippen LogP contribution in [0.25, 0.3) is 10.9 Å². The Morgan fingerprint density at radius 2 is 2.19 bits per heavy atom. The van der Waals surface area contributed by atoms with Crippen LogP contribution in [-0.4, -0.2) is 29.1 Å². The molecule has 21 heavy (non-hydrogen) atoms. The van der Waals surface area contributed by atoms with E-state index in [2.05, 4.69) is 22.9 Å². The van der Waals surface area contributed by atoms with Crippen LogP contribution in [0.2, 0.25) is 0 Å². The molecule has 0 aliphatic carbocycles. The molecule has 0 amide bonds. The first kappa shape index (κ1) is 13.9. The van der Waals surface area contributed by atoms with Gasteiger partial charge >= 0.3 is 5.97 Å². The number of hydrogen-bond donors (Lipinski definition) is 1. The largest absolute Gasteiger partial charge is 0.478 e. The molecule has 1 aliphatic heterocycles. The number of carboxylic acids is 1. The molecular weight excluding hydrogens is 264 g/mol. The molecule has 0 saturated carbocycles. The minimum Gasteiger partial charge on any atom is -0.478 e. The number of rotatable bonds is 2. The molecule has 1 atom stereocenters. The van der Waals surface area contributed by atoms with Crippen LogP contribution < -0.4 is 4.90 Å². The summed E-state index contributed by atoms with van der Waals surface area (Å²) in [4.78, 5) is 18.0. The maximum absolute atomic E-state index is 11.1. The number of fused-ring (bicyclic) bond motifs is 1. The molecule has 0 radical (unpaired) electrons. The second-order valence-corrected chi connectivity index (χ2v) is 6.01. The minimum atomic E-state index is -0.909. The number of carbonyl (C=O) groups is 1. The number of carboxylic acid groups (broad SMARTS) is 1. The van der Waals surface area contributed by atoms with Gasteiger partial charge in [0.15, 0.2) is 0 Å². The lowest BCUT2D eigenvalue weighted by molar-refractivity contribution is 0.0697. The molecule has 0 bridgehead atoms. The van der Waals surface area contributed by atoms with Crippen LogP contribution in [0.1, 0.15) is 35.8 Å². The van der Waals surface area contributed by atoms with Crippen molar-refractivity contribution in [1.82, 2.24) is 4.98 Å². The van der Waals surface area contributed by atoms with Crippen molar-refractivity contribution in [1.29, 1.82) is 0 Å². The zero-order valence-corrected chi connectivity index (χ0v) is 12.5. The van der Waals surface area contributed by atoms with E-state index in [1.165, 1.54) is 18.5 Å². The van der Waals surface area contributed by atoms with Gasteiger partial charge in [-0.3, -0.25) is 4.98 Å². The van der Waals surface area contributed by atoms with Crippen molar-refractivity contribution in [2.24, 2.45) is 5.92 Å². The molecule has 1 fully saturated rings. The predicted molar refractivity (Wildman–Crippen MR) is 84.1 cm³/mol. The lowest BCUT2D eigenvalue weighted by Crippen LogP contribution is -2.34. The van der Waals surface area contributed by atoms with E-state index in [0.29, 0.717) is 11.5 Å². The highest BCUT2D eigenvalue weighted by Crippen LogP contribution is 2.30. The molecule has 110 valence electrons. The summed E-state index contributed by atoms with van der Waals surface area (Å²) in [6.45, 7) is 6.36. The van der Waals surface area contributed by atoms with Crippen molar-refractivity contribution in [3.63, 3.8) is 0 Å². The van der Waals surface area contributed by atoms with Crippen molar-refractivity contribution in [3.05, 3.63) is 35.5 Å². The van der Waals surface area contributed by atoms with Gasteiger partial charge in [-0.15, -0.1) is 0 Å². The van der Waals surface area contributed by atoms with E-state index in [1.807, 2.05) is 13.0 Å². The standard InChI is InChI=1S/C17H20N2O2/c1-11-4-3-7-19(10-11)16-8-12(2)18-15-9-13(17(20)21)5-6-14(15)16/h5-6,8-9,11H,3-4,7,10H2,1-2H3,(H,20,21)/t11-/m1/s1. The van der Waals surface area contributed by atoms with Gasteiger partial charge in [-0.05, 0) is 49.9 Å². The summed E-state index contributed by atoms with van der Waals surface area (Å²) >= 11 is 0. The predicted octanol–water partition coefficient (Wildman–Crippen LogP) is 3.48. The Bertz CT molecular complexity index is 696. The molecule has 0 unspecified atom stereocenters. The molecule has 1 saturated heterocycles. The quantitative estimate of drug-likeness (QED) is 0.917. The number of benzene rings is 1. The van der Waals surface area contributed by atoms with Crippen LogP contribution in [0.5, 0.6) is 0 Å². The SMILES string of the molecule is Cc1cc(N2CCC[C@@H](C)C2)c2ccc(C(=O)O)cc2n1. The fourth-order valence-electron chi connectivity index (χ4n) is 3.14. The monoisotopic (exact) mass is 284 g/mol. The Morgan fingerprint density at radius 1 is 1.38 bits per heavy atom. The third-order valence-electron chi connectivity index (χ3n) is 4.16. The van der Waals surface area contributed by atoms with Crippen molar-refractivity contribution >= 4 is 22.6 Å². The van der Waals surface area contributed by atoms with E-state index in [0.717, 1.165) is 29.7 Å². The Balaban J connectivity index is 2.11. The molecule has 1 aromatic carbocycles. The fraction of sp³-hybridized carbons (Fsp3) is 0.412. The zero-order chi connectivity index (χ0) is 15.0. The molecule has 4 nitrogen and oxygen atoms in total. The van der Waals surface area contributed by atoms with Gasteiger partial charge in [-0.25, -0.2) is 4.79 Å². The number of nitrogens with zero attached hydrogens (tertiary/aromatic N) is 2. The fourth-order valence-corrected chi connectivity index (χ4v) is 3.14. The van der Waals surface area contributed by atoms with Gasteiger partial charge < -0.3 is 10.0 Å². The van der Waals surface area contributed by atoms with Crippen molar-refractivity contribution in [2.75, 3.05) is 18.0 Å². The lowest BCUT2D eigenvalue weighted by atomic mass is 9.98. The molecule has 1 N–H and O–H groups in total. The summed E-state index contributed by atoms with van der Waals surface area (Å²) in [5, 5.41) is 10.2. The Hall–Kier alpha value is -2.10. The molecule has 1 aliphatic rings. The minimum absolute atomic E-state index is 0.290. The molecule has 3 rings (SSSR count). The summed E-state index contributed by atoms with van der Waals surface area (Å²) in [6, 6.07) is 7.33. The highest BCUT2D eigenvalue weighted by atomic mass is 16.4. The molecule has 1 aromatic heterocycles. The average Bonchev–Trinajstić information content (AvgIpc) is 2.45. The Labute approximate surface area is 124 Å². The van der Waals surface area contributed by atoms with E-state index < -0.39 is 5.97 Å². The summed E-state index contributed by atoms with van der Waals surface area (Å²) in [5.74, 6) is -0.214. The third kappa shape index (κ3) is 2.71. The van der Waals surface area contributed by atoms with Crippen molar-refractivity contribution < 1.29 is 9.90 Å². The van der Waals surface area contributed by atoms with E-state index in [4.69, 9.17) is 5.11 Å². The second-order valence-electron chi connectivity index (χ2n) is 6.01.